The molecule has 18 heavy (non-hydrogen) atoms. The minimum atomic E-state index is 0.619. The zero-order valence-corrected chi connectivity index (χ0v) is 11.6. The Hall–Kier alpha value is -1.03. The highest BCUT2D eigenvalue weighted by Crippen LogP contribution is 2.23. The fraction of sp³-hybridized carbons (Fsp3) is 0.692. The van der Waals surface area contributed by atoms with Crippen molar-refractivity contribution in [3.8, 4) is 5.88 Å². The van der Waals surface area contributed by atoms with Crippen molar-refractivity contribution in [3.05, 3.63) is 12.4 Å². The Kier molecular flexibility index (Phi) is 5.05. The summed E-state index contributed by atoms with van der Waals surface area (Å²) in [6.07, 6.45) is 6.72. The smallest absolute Gasteiger partial charge is 0.234 e. The van der Waals surface area contributed by atoms with Crippen LogP contribution in [0.4, 0.5) is 5.82 Å². The van der Waals surface area contributed by atoms with Crippen LogP contribution >= 0.6 is 11.6 Å². The van der Waals surface area contributed by atoms with Gasteiger partial charge in [-0.15, -0.1) is 11.6 Å². The van der Waals surface area contributed by atoms with Crippen LogP contribution in [0.25, 0.3) is 0 Å². The number of alkyl halides is 1. The largest absolute Gasteiger partial charge is 0.477 e. The van der Waals surface area contributed by atoms with E-state index in [4.69, 9.17) is 16.3 Å². The third kappa shape index (κ3) is 3.48. The molecule has 0 aromatic carbocycles. The summed E-state index contributed by atoms with van der Waals surface area (Å²) in [6.45, 7) is 4.77. The summed E-state index contributed by atoms with van der Waals surface area (Å²) in [5, 5.41) is 0. The molecule has 1 aromatic rings. The van der Waals surface area contributed by atoms with E-state index in [-0.39, 0.29) is 0 Å². The summed E-state index contributed by atoms with van der Waals surface area (Å²) >= 11 is 5.89. The second-order valence-electron chi connectivity index (χ2n) is 4.65. The van der Waals surface area contributed by atoms with E-state index in [0.29, 0.717) is 18.4 Å². The van der Waals surface area contributed by atoms with Gasteiger partial charge in [0.1, 0.15) is 0 Å². The minimum Gasteiger partial charge on any atom is -0.477 e. The molecule has 1 aliphatic rings. The Labute approximate surface area is 113 Å². The van der Waals surface area contributed by atoms with Crippen LogP contribution < -0.4 is 9.64 Å². The lowest BCUT2D eigenvalue weighted by Crippen LogP contribution is -2.34. The lowest BCUT2D eigenvalue weighted by molar-refractivity contribution is 0.303. The molecule has 1 saturated heterocycles. The van der Waals surface area contributed by atoms with E-state index in [9.17, 15) is 0 Å². The Bertz CT molecular complexity index is 367. The lowest BCUT2D eigenvalue weighted by atomic mass is 9.99. The molecule has 2 rings (SSSR count). The SMILES string of the molecule is CCCOc1cncc(N2CCC(CCl)CC2)n1. The zero-order chi connectivity index (χ0) is 12.8. The molecule has 2 heterocycles. The molecule has 1 aromatic heterocycles. The number of rotatable bonds is 5. The van der Waals surface area contributed by atoms with E-state index >= 15 is 0 Å². The van der Waals surface area contributed by atoms with Crippen LogP contribution in [-0.4, -0.2) is 35.5 Å². The van der Waals surface area contributed by atoms with Crippen LogP contribution in [-0.2, 0) is 0 Å². The number of nitrogens with zero attached hydrogens (tertiary/aromatic N) is 3. The topological polar surface area (TPSA) is 38.2 Å². The second-order valence-corrected chi connectivity index (χ2v) is 4.96. The number of piperidine rings is 1. The maximum Gasteiger partial charge on any atom is 0.234 e. The normalized spacial score (nSPS) is 16.9. The number of halogens is 1. The van der Waals surface area contributed by atoms with Crippen LogP contribution in [0.1, 0.15) is 26.2 Å². The number of aromatic nitrogens is 2. The Morgan fingerprint density at radius 3 is 2.83 bits per heavy atom. The van der Waals surface area contributed by atoms with E-state index in [2.05, 4.69) is 21.8 Å². The van der Waals surface area contributed by atoms with Gasteiger partial charge in [-0.1, -0.05) is 6.92 Å². The molecule has 0 unspecified atom stereocenters. The van der Waals surface area contributed by atoms with Gasteiger partial charge in [-0.05, 0) is 25.2 Å². The molecule has 0 saturated carbocycles. The molecule has 4 nitrogen and oxygen atoms in total. The van der Waals surface area contributed by atoms with Gasteiger partial charge >= 0.3 is 0 Å². The van der Waals surface area contributed by atoms with Crippen LogP contribution in [0.15, 0.2) is 12.4 Å². The Morgan fingerprint density at radius 1 is 1.39 bits per heavy atom. The summed E-state index contributed by atoms with van der Waals surface area (Å²) < 4.78 is 5.51. The summed E-state index contributed by atoms with van der Waals surface area (Å²) in [7, 11) is 0. The lowest BCUT2D eigenvalue weighted by Gasteiger charge is -2.31. The fourth-order valence-corrected chi connectivity index (χ4v) is 2.39. The molecule has 0 spiro atoms. The minimum absolute atomic E-state index is 0.619. The summed E-state index contributed by atoms with van der Waals surface area (Å²) in [4.78, 5) is 10.9. The van der Waals surface area contributed by atoms with Crippen LogP contribution in [0.2, 0.25) is 0 Å². The highest BCUT2D eigenvalue weighted by Gasteiger charge is 2.19. The van der Waals surface area contributed by atoms with Crippen molar-refractivity contribution < 1.29 is 4.74 Å². The van der Waals surface area contributed by atoms with Crippen LogP contribution in [0.3, 0.4) is 0 Å². The predicted molar refractivity (Wildman–Crippen MR) is 73.5 cm³/mol. The highest BCUT2D eigenvalue weighted by molar-refractivity contribution is 6.18. The van der Waals surface area contributed by atoms with Gasteiger partial charge in [0, 0.05) is 19.0 Å². The van der Waals surface area contributed by atoms with Crippen molar-refractivity contribution in [1.29, 1.82) is 0 Å². The highest BCUT2D eigenvalue weighted by atomic mass is 35.5. The first-order chi connectivity index (χ1) is 8.83. The van der Waals surface area contributed by atoms with Crippen LogP contribution in [0.5, 0.6) is 5.88 Å². The van der Waals surface area contributed by atoms with Gasteiger partial charge in [0.05, 0.1) is 19.0 Å². The average Bonchev–Trinajstić information content (AvgIpc) is 2.45. The predicted octanol–water partition coefficient (Wildman–Crippen LogP) is 2.72. The van der Waals surface area contributed by atoms with Crippen molar-refractivity contribution in [2.45, 2.75) is 26.2 Å². The molecule has 0 radical (unpaired) electrons. The number of anilines is 1. The summed E-state index contributed by atoms with van der Waals surface area (Å²) in [6, 6.07) is 0. The van der Waals surface area contributed by atoms with Gasteiger partial charge in [-0.25, -0.2) is 0 Å². The van der Waals surface area contributed by atoms with E-state index in [0.717, 1.165) is 44.0 Å². The molecule has 5 heteroatoms. The molecule has 1 aliphatic heterocycles. The molecule has 0 amide bonds. The number of hydrogen-bond donors (Lipinski definition) is 0. The summed E-state index contributed by atoms with van der Waals surface area (Å²) in [5.41, 5.74) is 0. The first-order valence-corrected chi connectivity index (χ1v) is 7.12. The third-order valence-corrected chi connectivity index (χ3v) is 3.65. The average molecular weight is 270 g/mol. The van der Waals surface area contributed by atoms with Crippen molar-refractivity contribution in [3.63, 3.8) is 0 Å². The standard InChI is InChI=1S/C13H20ClN3O/c1-2-7-18-13-10-15-9-12(16-13)17-5-3-11(8-14)4-6-17/h9-11H,2-8H2,1H3. The first kappa shape index (κ1) is 13.4. The van der Waals surface area contributed by atoms with E-state index in [1.54, 1.807) is 12.4 Å². The van der Waals surface area contributed by atoms with E-state index in [1.165, 1.54) is 0 Å². The van der Waals surface area contributed by atoms with Gasteiger partial charge in [0.25, 0.3) is 0 Å². The molecular formula is C13H20ClN3O. The third-order valence-electron chi connectivity index (χ3n) is 3.21. The van der Waals surface area contributed by atoms with E-state index in [1.807, 2.05) is 0 Å². The first-order valence-electron chi connectivity index (χ1n) is 6.59. The van der Waals surface area contributed by atoms with E-state index < -0.39 is 0 Å². The second kappa shape index (κ2) is 6.78. The number of ether oxygens (including phenoxy) is 1. The van der Waals surface area contributed by atoms with Gasteiger partial charge < -0.3 is 9.64 Å². The zero-order valence-electron chi connectivity index (χ0n) is 10.8. The molecule has 1 fully saturated rings. The van der Waals surface area contributed by atoms with Crippen molar-refractivity contribution in [2.75, 3.05) is 30.5 Å². The van der Waals surface area contributed by atoms with Crippen molar-refractivity contribution in [1.82, 2.24) is 9.97 Å². The maximum absolute atomic E-state index is 5.89. The molecule has 100 valence electrons. The molecular weight excluding hydrogens is 250 g/mol. The van der Waals surface area contributed by atoms with Gasteiger partial charge in [0.15, 0.2) is 5.82 Å². The van der Waals surface area contributed by atoms with Crippen molar-refractivity contribution >= 4 is 17.4 Å². The number of hydrogen-bond acceptors (Lipinski definition) is 4. The van der Waals surface area contributed by atoms with Gasteiger partial charge in [0.2, 0.25) is 5.88 Å². The van der Waals surface area contributed by atoms with Crippen molar-refractivity contribution in [2.24, 2.45) is 5.92 Å². The molecule has 0 N–H and O–H groups in total. The Morgan fingerprint density at radius 2 is 2.17 bits per heavy atom. The molecule has 0 aliphatic carbocycles. The fourth-order valence-electron chi connectivity index (χ4n) is 2.08. The molecule has 0 bridgehead atoms. The quantitative estimate of drug-likeness (QED) is 0.771. The Balaban J connectivity index is 1.96. The van der Waals surface area contributed by atoms with Gasteiger partial charge in [-0.2, -0.15) is 4.98 Å². The molecule has 0 atom stereocenters. The van der Waals surface area contributed by atoms with Crippen LogP contribution in [0, 0.1) is 5.92 Å². The monoisotopic (exact) mass is 269 g/mol. The van der Waals surface area contributed by atoms with Gasteiger partial charge in [-0.3, -0.25) is 4.98 Å². The maximum atomic E-state index is 5.89. The summed E-state index contributed by atoms with van der Waals surface area (Å²) in [5.74, 6) is 2.94.